The van der Waals surface area contributed by atoms with E-state index in [-0.39, 0.29) is 23.2 Å². The third kappa shape index (κ3) is 8.43. The fourth-order valence-corrected chi connectivity index (χ4v) is 4.60. The molecule has 2 unspecified atom stereocenters. The van der Waals surface area contributed by atoms with E-state index in [0.29, 0.717) is 18.7 Å². The Hall–Kier alpha value is -2.46. The minimum atomic E-state index is -0.0747. The molecule has 1 aliphatic rings. The molecule has 3 rings (SSSR count). The van der Waals surface area contributed by atoms with Gasteiger partial charge in [-0.2, -0.15) is 0 Å². The van der Waals surface area contributed by atoms with Crippen LogP contribution in [0.4, 0.5) is 0 Å². The summed E-state index contributed by atoms with van der Waals surface area (Å²) in [5.41, 5.74) is 20.9. The van der Waals surface area contributed by atoms with Crippen LogP contribution in [-0.2, 0) is 6.42 Å². The summed E-state index contributed by atoms with van der Waals surface area (Å²) in [4.78, 5) is 14.5. The monoisotopic (exact) mass is 486 g/mol. The Labute approximate surface area is 206 Å². The number of likely N-dealkylation sites (N-methyl/N-ethyl adjacent to an activating group) is 1. The van der Waals surface area contributed by atoms with Gasteiger partial charge in [-0.15, -0.1) is 24.4 Å². The predicted octanol–water partition coefficient (Wildman–Crippen LogP) is 2.76. The zero-order valence-corrected chi connectivity index (χ0v) is 20.8. The molecule has 1 amide bonds. The second kappa shape index (κ2) is 13.3. The number of carbonyl (C=O) groups is 1. The topological polar surface area (TPSA) is 134 Å². The average molecular weight is 487 g/mol. The van der Waals surface area contributed by atoms with Gasteiger partial charge in [0.15, 0.2) is 0 Å². The molecule has 0 aliphatic carbocycles. The van der Waals surface area contributed by atoms with Gasteiger partial charge in [0.1, 0.15) is 5.84 Å². The fraction of sp³-hybridized carbons (Fsp3) is 0.333. The molecule has 1 aliphatic heterocycles. The highest BCUT2D eigenvalue weighted by molar-refractivity contribution is 8.03. The van der Waals surface area contributed by atoms with Crippen molar-refractivity contribution < 1.29 is 4.79 Å². The minimum absolute atomic E-state index is 0.0471. The molecular weight excluding hydrogens is 452 g/mol. The lowest BCUT2D eigenvalue weighted by Gasteiger charge is -2.28. The first kappa shape index (κ1) is 26.8. The number of amides is 1. The lowest BCUT2D eigenvalue weighted by Crippen LogP contribution is -2.42. The number of benzene rings is 2. The van der Waals surface area contributed by atoms with E-state index in [1.165, 1.54) is 5.70 Å². The van der Waals surface area contributed by atoms with Crippen LogP contribution in [0.2, 0.25) is 0 Å². The van der Waals surface area contributed by atoms with Gasteiger partial charge in [0.25, 0.3) is 5.91 Å². The third-order valence-electron chi connectivity index (χ3n) is 5.17. The van der Waals surface area contributed by atoms with Gasteiger partial charge in [-0.25, -0.2) is 0 Å². The standard InChI is InChI=1S/C14H20N4S.C10H14N2OS/c1-9-8-19-14(18(9)2)12(15)7-10-4-3-5-11(6-10)13(16)17;11-5-2-6-12-10(13)8-3-1-4-9(14)7-8/h3-6,8,12,14H,7,15H2,1-2H3,(H3,16,17);1,3-4,7,14H,2,5-6,11H2,(H,12,13). The second-order valence-corrected chi connectivity index (χ2v) is 9.33. The molecule has 178 valence electrons. The number of rotatable bonds is 8. The highest BCUT2D eigenvalue weighted by atomic mass is 32.2. The summed E-state index contributed by atoms with van der Waals surface area (Å²) in [6.07, 6.45) is 1.58. The first-order valence-electron chi connectivity index (χ1n) is 10.7. The lowest BCUT2D eigenvalue weighted by molar-refractivity contribution is 0.0953. The van der Waals surface area contributed by atoms with E-state index in [4.69, 9.17) is 22.6 Å². The summed E-state index contributed by atoms with van der Waals surface area (Å²) in [5.74, 6) is 0.0228. The number of thioether (sulfide) groups is 1. The molecule has 9 heteroatoms. The molecule has 7 nitrogen and oxygen atoms in total. The maximum Gasteiger partial charge on any atom is 0.251 e. The number of hydrogen-bond acceptors (Lipinski definition) is 7. The van der Waals surface area contributed by atoms with Crippen molar-refractivity contribution in [1.29, 1.82) is 5.41 Å². The van der Waals surface area contributed by atoms with Gasteiger partial charge < -0.3 is 27.4 Å². The summed E-state index contributed by atoms with van der Waals surface area (Å²) in [7, 11) is 2.07. The van der Waals surface area contributed by atoms with Crippen molar-refractivity contribution in [3.63, 3.8) is 0 Å². The Morgan fingerprint density at radius 1 is 1.24 bits per heavy atom. The first-order chi connectivity index (χ1) is 15.7. The fourth-order valence-electron chi connectivity index (χ4n) is 3.22. The second-order valence-electron chi connectivity index (χ2n) is 7.83. The molecule has 2 atom stereocenters. The predicted molar refractivity (Wildman–Crippen MR) is 142 cm³/mol. The zero-order chi connectivity index (χ0) is 24.4. The van der Waals surface area contributed by atoms with Crippen LogP contribution in [0.25, 0.3) is 0 Å². The van der Waals surface area contributed by atoms with E-state index < -0.39 is 0 Å². The molecule has 2 aromatic carbocycles. The number of nitrogens with one attached hydrogen (secondary N) is 2. The van der Waals surface area contributed by atoms with Crippen molar-refractivity contribution in [2.24, 2.45) is 17.2 Å². The van der Waals surface area contributed by atoms with Crippen molar-refractivity contribution in [2.45, 2.75) is 36.1 Å². The van der Waals surface area contributed by atoms with Crippen molar-refractivity contribution in [3.05, 3.63) is 76.3 Å². The molecule has 0 bridgehead atoms. The molecule has 1 heterocycles. The number of nitrogens with two attached hydrogens (primary N) is 3. The zero-order valence-electron chi connectivity index (χ0n) is 19.1. The van der Waals surface area contributed by atoms with E-state index in [9.17, 15) is 4.79 Å². The van der Waals surface area contributed by atoms with Gasteiger partial charge in [0.05, 0.1) is 5.37 Å². The van der Waals surface area contributed by atoms with Crippen LogP contribution in [0, 0.1) is 5.41 Å². The Kier molecular flexibility index (Phi) is 10.8. The number of nitrogen functional groups attached to an aromatic ring is 1. The highest BCUT2D eigenvalue weighted by Crippen LogP contribution is 2.31. The van der Waals surface area contributed by atoms with Gasteiger partial charge >= 0.3 is 0 Å². The van der Waals surface area contributed by atoms with Crippen molar-refractivity contribution >= 4 is 36.1 Å². The normalized spacial score (nSPS) is 15.8. The molecule has 0 radical (unpaired) electrons. The number of hydrogen-bond donors (Lipinski definition) is 6. The Morgan fingerprint density at radius 2 is 1.94 bits per heavy atom. The van der Waals surface area contributed by atoms with Gasteiger partial charge in [0, 0.05) is 41.4 Å². The molecule has 0 saturated heterocycles. The van der Waals surface area contributed by atoms with E-state index in [0.717, 1.165) is 28.9 Å². The molecule has 0 aromatic heterocycles. The Morgan fingerprint density at radius 3 is 2.55 bits per heavy atom. The van der Waals surface area contributed by atoms with Crippen molar-refractivity contribution in [2.75, 3.05) is 20.1 Å². The quantitative estimate of drug-likeness (QED) is 0.147. The molecular formula is C24H34N6OS2. The van der Waals surface area contributed by atoms with E-state index in [1.54, 1.807) is 30.0 Å². The van der Waals surface area contributed by atoms with Gasteiger partial charge in [-0.1, -0.05) is 24.3 Å². The van der Waals surface area contributed by atoms with Crippen LogP contribution in [0.15, 0.2) is 64.5 Å². The van der Waals surface area contributed by atoms with Crippen LogP contribution in [0.3, 0.4) is 0 Å². The smallest absolute Gasteiger partial charge is 0.251 e. The van der Waals surface area contributed by atoms with E-state index >= 15 is 0 Å². The maximum absolute atomic E-state index is 11.5. The summed E-state index contributed by atoms with van der Waals surface area (Å²) in [6.45, 7) is 3.30. The summed E-state index contributed by atoms with van der Waals surface area (Å²) in [6, 6.07) is 14.9. The van der Waals surface area contributed by atoms with Crippen LogP contribution >= 0.6 is 24.4 Å². The number of carbonyl (C=O) groups excluding carboxylic acids is 1. The van der Waals surface area contributed by atoms with Gasteiger partial charge in [0.2, 0.25) is 0 Å². The maximum atomic E-state index is 11.5. The van der Waals surface area contributed by atoms with Crippen LogP contribution in [0.1, 0.15) is 34.8 Å². The van der Waals surface area contributed by atoms with Gasteiger partial charge in [-0.3, -0.25) is 10.2 Å². The first-order valence-corrected chi connectivity index (χ1v) is 12.1. The SMILES string of the molecule is CC1=CSC(C(N)Cc2cccc(C(=N)N)c2)N1C.NCCCNC(=O)c1cccc(S)c1. The molecule has 0 fully saturated rings. The lowest BCUT2D eigenvalue weighted by atomic mass is 10.0. The molecule has 0 saturated carbocycles. The van der Waals surface area contributed by atoms with Crippen LogP contribution in [-0.4, -0.2) is 48.2 Å². The van der Waals surface area contributed by atoms with Gasteiger partial charge in [-0.05, 0) is 61.5 Å². The van der Waals surface area contributed by atoms with Crippen molar-refractivity contribution in [1.82, 2.24) is 10.2 Å². The highest BCUT2D eigenvalue weighted by Gasteiger charge is 2.27. The average Bonchev–Trinajstić information content (AvgIpc) is 3.13. The summed E-state index contributed by atoms with van der Waals surface area (Å²) >= 11 is 5.93. The Balaban J connectivity index is 0.000000245. The largest absolute Gasteiger partial charge is 0.384 e. The third-order valence-corrected chi connectivity index (χ3v) is 6.87. The van der Waals surface area contributed by atoms with Crippen LogP contribution in [0.5, 0.6) is 0 Å². The number of amidine groups is 1. The molecule has 2 aromatic rings. The van der Waals surface area contributed by atoms with Crippen molar-refractivity contribution in [3.8, 4) is 0 Å². The van der Waals surface area contributed by atoms with Crippen LogP contribution < -0.4 is 22.5 Å². The van der Waals surface area contributed by atoms with E-state index in [2.05, 4.69) is 42.2 Å². The number of nitrogens with zero attached hydrogens (tertiary/aromatic N) is 1. The number of thiol groups is 1. The number of allylic oxidation sites excluding steroid dienone is 1. The van der Waals surface area contributed by atoms with E-state index in [1.807, 2.05) is 30.3 Å². The molecule has 8 N–H and O–H groups in total. The molecule has 0 spiro atoms. The summed E-state index contributed by atoms with van der Waals surface area (Å²) < 4.78 is 0. The Bertz CT molecular complexity index is 981. The molecule has 33 heavy (non-hydrogen) atoms. The minimum Gasteiger partial charge on any atom is -0.384 e. The summed E-state index contributed by atoms with van der Waals surface area (Å²) in [5, 5.41) is 12.7.